The lowest BCUT2D eigenvalue weighted by Gasteiger charge is -2.29. The number of likely N-dealkylation sites (tertiary alicyclic amines) is 1. The highest BCUT2D eigenvalue weighted by Crippen LogP contribution is 2.29. The maximum atomic E-state index is 5.96. The van der Waals surface area contributed by atoms with Crippen LogP contribution in [0.4, 0.5) is 0 Å². The van der Waals surface area contributed by atoms with Crippen LogP contribution in [0, 0.1) is 13.8 Å². The van der Waals surface area contributed by atoms with Gasteiger partial charge in [-0.1, -0.05) is 17.6 Å². The molecule has 28 heavy (non-hydrogen) atoms. The van der Waals surface area contributed by atoms with E-state index in [9.17, 15) is 0 Å². The smallest absolute Gasteiger partial charge is 0.161 e. The van der Waals surface area contributed by atoms with Crippen molar-refractivity contribution in [2.75, 3.05) is 26.7 Å². The fourth-order valence-corrected chi connectivity index (χ4v) is 3.68. The number of ether oxygens (including phenoxy) is 2. The molecule has 1 aromatic heterocycles. The predicted octanol–water partition coefficient (Wildman–Crippen LogP) is 3.84. The van der Waals surface area contributed by atoms with Crippen LogP contribution in [0.5, 0.6) is 11.5 Å². The maximum absolute atomic E-state index is 5.96. The van der Waals surface area contributed by atoms with Gasteiger partial charge in [-0.3, -0.25) is 0 Å². The van der Waals surface area contributed by atoms with Gasteiger partial charge in [0.1, 0.15) is 12.4 Å². The third-order valence-corrected chi connectivity index (χ3v) is 5.42. The van der Waals surface area contributed by atoms with Gasteiger partial charge in [0, 0.05) is 19.1 Å². The van der Waals surface area contributed by atoms with E-state index in [0.717, 1.165) is 41.6 Å². The van der Waals surface area contributed by atoms with Crippen LogP contribution in [0.15, 0.2) is 22.7 Å². The molecule has 1 fully saturated rings. The van der Waals surface area contributed by atoms with Gasteiger partial charge in [0.15, 0.2) is 11.5 Å². The van der Waals surface area contributed by atoms with Gasteiger partial charge < -0.3 is 24.2 Å². The van der Waals surface area contributed by atoms with Gasteiger partial charge >= 0.3 is 0 Å². The van der Waals surface area contributed by atoms with Crippen molar-refractivity contribution in [3.05, 3.63) is 40.8 Å². The molecule has 1 saturated heterocycles. The second kappa shape index (κ2) is 9.94. The number of piperidine rings is 1. The number of hydrogen-bond acceptors (Lipinski definition) is 6. The molecule has 1 N–H and O–H groups in total. The average Bonchev–Trinajstić information content (AvgIpc) is 3.03. The van der Waals surface area contributed by atoms with Crippen LogP contribution in [0.25, 0.3) is 0 Å². The molecule has 0 amide bonds. The molecule has 0 bridgehead atoms. The number of benzene rings is 1. The van der Waals surface area contributed by atoms with Gasteiger partial charge in [0.05, 0.1) is 18.4 Å². The maximum Gasteiger partial charge on any atom is 0.161 e. The number of methoxy groups -OCH3 is 1. The zero-order valence-corrected chi connectivity index (χ0v) is 17.6. The van der Waals surface area contributed by atoms with Crippen molar-refractivity contribution in [2.45, 2.75) is 59.2 Å². The lowest BCUT2D eigenvalue weighted by molar-refractivity contribution is 0.209. The summed E-state index contributed by atoms with van der Waals surface area (Å²) in [6, 6.07) is 6.57. The van der Waals surface area contributed by atoms with Crippen molar-refractivity contribution in [3.8, 4) is 11.5 Å². The van der Waals surface area contributed by atoms with E-state index >= 15 is 0 Å². The van der Waals surface area contributed by atoms with E-state index in [1.165, 1.54) is 37.9 Å². The molecule has 1 aliphatic heterocycles. The summed E-state index contributed by atoms with van der Waals surface area (Å²) < 4.78 is 16.7. The molecule has 1 aliphatic rings. The van der Waals surface area contributed by atoms with Crippen molar-refractivity contribution in [3.63, 3.8) is 0 Å². The van der Waals surface area contributed by atoms with Crippen LogP contribution in [0.2, 0.25) is 0 Å². The molecule has 0 aliphatic carbocycles. The van der Waals surface area contributed by atoms with Crippen LogP contribution in [-0.4, -0.2) is 42.8 Å². The van der Waals surface area contributed by atoms with E-state index in [1.54, 1.807) is 7.11 Å². The Morgan fingerprint density at radius 1 is 1.18 bits per heavy atom. The second-order valence-electron chi connectivity index (χ2n) is 7.72. The standard InChI is InChI=1S/C22H33N3O3/c1-16(14-25-10-6-5-7-11-25)23-13-19-8-9-21(22(12-19)26-4)27-15-20-17(2)24-28-18(20)3/h8-9,12,16,23H,5-7,10-11,13-15H2,1-4H3. The van der Waals surface area contributed by atoms with Crippen molar-refractivity contribution < 1.29 is 14.0 Å². The van der Waals surface area contributed by atoms with E-state index in [4.69, 9.17) is 14.0 Å². The molecule has 2 aromatic rings. The Bertz CT molecular complexity index is 734. The molecular weight excluding hydrogens is 354 g/mol. The molecule has 0 saturated carbocycles. The van der Waals surface area contributed by atoms with E-state index in [1.807, 2.05) is 26.0 Å². The Morgan fingerprint density at radius 3 is 2.64 bits per heavy atom. The minimum absolute atomic E-state index is 0.419. The quantitative estimate of drug-likeness (QED) is 0.705. The summed E-state index contributed by atoms with van der Waals surface area (Å²) in [5.41, 5.74) is 3.03. The Hall–Kier alpha value is -2.05. The fraction of sp³-hybridized carbons (Fsp3) is 0.591. The number of hydrogen-bond donors (Lipinski definition) is 1. The highest BCUT2D eigenvalue weighted by molar-refractivity contribution is 5.43. The first-order valence-corrected chi connectivity index (χ1v) is 10.2. The Morgan fingerprint density at radius 2 is 1.96 bits per heavy atom. The number of aryl methyl sites for hydroxylation is 2. The van der Waals surface area contributed by atoms with Gasteiger partial charge in [0.25, 0.3) is 0 Å². The number of rotatable bonds is 9. The third kappa shape index (κ3) is 5.49. The van der Waals surface area contributed by atoms with Crippen LogP contribution >= 0.6 is 0 Å². The molecule has 2 heterocycles. The molecule has 1 unspecified atom stereocenters. The second-order valence-corrected chi connectivity index (χ2v) is 7.72. The monoisotopic (exact) mass is 387 g/mol. The van der Waals surface area contributed by atoms with Gasteiger partial charge in [-0.15, -0.1) is 0 Å². The van der Waals surface area contributed by atoms with E-state index in [2.05, 4.69) is 28.4 Å². The molecule has 154 valence electrons. The zero-order chi connectivity index (χ0) is 19.9. The highest BCUT2D eigenvalue weighted by atomic mass is 16.5. The minimum atomic E-state index is 0.419. The molecule has 0 radical (unpaired) electrons. The first-order valence-electron chi connectivity index (χ1n) is 10.2. The molecule has 6 nitrogen and oxygen atoms in total. The number of aromatic nitrogens is 1. The molecule has 3 rings (SSSR count). The summed E-state index contributed by atoms with van der Waals surface area (Å²) in [5.74, 6) is 2.27. The lowest BCUT2D eigenvalue weighted by Crippen LogP contribution is -2.41. The van der Waals surface area contributed by atoms with Crippen LogP contribution in [0.1, 0.15) is 48.8 Å². The summed E-state index contributed by atoms with van der Waals surface area (Å²) in [6.07, 6.45) is 4.04. The minimum Gasteiger partial charge on any atom is -0.493 e. The number of nitrogens with zero attached hydrogens (tertiary/aromatic N) is 2. The summed E-state index contributed by atoms with van der Waals surface area (Å²) in [5, 5.41) is 7.60. The molecular formula is C22H33N3O3. The fourth-order valence-electron chi connectivity index (χ4n) is 3.68. The topological polar surface area (TPSA) is 59.8 Å². The zero-order valence-electron chi connectivity index (χ0n) is 17.6. The lowest BCUT2D eigenvalue weighted by atomic mass is 10.1. The molecule has 0 spiro atoms. The Kier molecular flexibility index (Phi) is 7.34. The van der Waals surface area contributed by atoms with Gasteiger partial charge in [0.2, 0.25) is 0 Å². The summed E-state index contributed by atoms with van der Waals surface area (Å²) >= 11 is 0. The average molecular weight is 388 g/mol. The first kappa shape index (κ1) is 20.7. The molecule has 6 heteroatoms. The SMILES string of the molecule is COc1cc(CNC(C)CN2CCCCC2)ccc1OCc1c(C)noc1C. The summed E-state index contributed by atoms with van der Waals surface area (Å²) in [6.45, 7) is 10.9. The van der Waals surface area contributed by atoms with Crippen molar-refractivity contribution in [1.82, 2.24) is 15.4 Å². The third-order valence-electron chi connectivity index (χ3n) is 5.42. The van der Waals surface area contributed by atoms with Crippen molar-refractivity contribution in [1.29, 1.82) is 0 Å². The van der Waals surface area contributed by atoms with Crippen LogP contribution < -0.4 is 14.8 Å². The van der Waals surface area contributed by atoms with Crippen molar-refractivity contribution >= 4 is 0 Å². The molecule has 1 atom stereocenters. The first-order chi connectivity index (χ1) is 13.6. The normalized spacial score (nSPS) is 16.1. The Balaban J connectivity index is 1.53. The van der Waals surface area contributed by atoms with Crippen LogP contribution in [0.3, 0.4) is 0 Å². The Labute approximate surface area is 168 Å². The van der Waals surface area contributed by atoms with Gasteiger partial charge in [-0.25, -0.2) is 0 Å². The van der Waals surface area contributed by atoms with E-state index in [0.29, 0.717) is 12.6 Å². The largest absolute Gasteiger partial charge is 0.493 e. The van der Waals surface area contributed by atoms with E-state index < -0.39 is 0 Å². The van der Waals surface area contributed by atoms with Crippen LogP contribution in [-0.2, 0) is 13.2 Å². The summed E-state index contributed by atoms with van der Waals surface area (Å²) in [4.78, 5) is 2.56. The van der Waals surface area contributed by atoms with E-state index in [-0.39, 0.29) is 0 Å². The highest BCUT2D eigenvalue weighted by Gasteiger charge is 2.14. The van der Waals surface area contributed by atoms with Crippen molar-refractivity contribution in [2.24, 2.45) is 0 Å². The summed E-state index contributed by atoms with van der Waals surface area (Å²) in [7, 11) is 1.67. The number of nitrogens with one attached hydrogen (secondary N) is 1. The predicted molar refractivity (Wildman–Crippen MR) is 110 cm³/mol. The van der Waals surface area contributed by atoms with Gasteiger partial charge in [-0.2, -0.15) is 0 Å². The molecule has 1 aromatic carbocycles. The van der Waals surface area contributed by atoms with Gasteiger partial charge in [-0.05, 0) is 64.4 Å².